The summed E-state index contributed by atoms with van der Waals surface area (Å²) in [5, 5.41) is 3.53. The van der Waals surface area contributed by atoms with Crippen molar-refractivity contribution in [3.8, 4) is 0 Å². The molecule has 1 N–H and O–H groups in total. The van der Waals surface area contributed by atoms with E-state index in [0.717, 1.165) is 27.4 Å². The summed E-state index contributed by atoms with van der Waals surface area (Å²) in [4.78, 5) is 28.9. The maximum atomic E-state index is 14.1. The minimum absolute atomic E-state index is 0.0694. The number of aryl methyl sites for hydroxylation is 2. The van der Waals surface area contributed by atoms with E-state index in [2.05, 4.69) is 5.32 Å². The lowest BCUT2D eigenvalue weighted by Crippen LogP contribution is -2.53. The number of benzene rings is 3. The van der Waals surface area contributed by atoms with Crippen LogP contribution >= 0.6 is 11.6 Å². The second-order valence-electron chi connectivity index (χ2n) is 10.1. The molecule has 0 aliphatic heterocycles. The van der Waals surface area contributed by atoms with Crippen molar-refractivity contribution in [2.75, 3.05) is 10.8 Å². The van der Waals surface area contributed by atoms with Crippen LogP contribution < -0.4 is 9.62 Å². The van der Waals surface area contributed by atoms with Gasteiger partial charge in [0.15, 0.2) is 0 Å². The molecule has 0 saturated heterocycles. The molecule has 214 valence electrons. The Morgan fingerprint density at radius 3 is 1.93 bits per heavy atom. The van der Waals surface area contributed by atoms with Gasteiger partial charge in [-0.25, -0.2) is 8.42 Å². The molecule has 0 heterocycles. The van der Waals surface area contributed by atoms with E-state index >= 15 is 0 Å². The number of carbonyl (C=O) groups is 2. The van der Waals surface area contributed by atoms with E-state index in [9.17, 15) is 18.0 Å². The van der Waals surface area contributed by atoms with Crippen molar-refractivity contribution in [1.29, 1.82) is 0 Å². The minimum Gasteiger partial charge on any atom is -0.352 e. The van der Waals surface area contributed by atoms with E-state index in [-0.39, 0.29) is 23.4 Å². The van der Waals surface area contributed by atoms with Crippen LogP contribution in [0.15, 0.2) is 77.7 Å². The smallest absolute Gasteiger partial charge is 0.264 e. The molecule has 0 aliphatic carbocycles. The fourth-order valence-electron chi connectivity index (χ4n) is 4.22. The molecule has 40 heavy (non-hydrogen) atoms. The van der Waals surface area contributed by atoms with Crippen molar-refractivity contribution in [3.05, 3.63) is 94.5 Å². The van der Waals surface area contributed by atoms with Gasteiger partial charge in [0.2, 0.25) is 11.8 Å². The number of sulfonamides is 1. The Hall–Kier alpha value is -3.36. The first kappa shape index (κ1) is 31.2. The van der Waals surface area contributed by atoms with Gasteiger partial charge < -0.3 is 10.2 Å². The number of carbonyl (C=O) groups excluding carboxylic acids is 2. The van der Waals surface area contributed by atoms with E-state index < -0.39 is 28.5 Å². The fraction of sp³-hybridized carbons (Fsp3) is 0.355. The SMILES string of the molecule is CC[C@@H](C)NC(=O)[C@H](CC)N(Cc1ccc(Cl)cc1)C(=O)CN(c1ccc(C)cc1)S(=O)(=O)c1ccc(C)cc1. The van der Waals surface area contributed by atoms with Crippen LogP contribution in [0.4, 0.5) is 5.69 Å². The molecule has 0 aliphatic rings. The molecule has 2 atom stereocenters. The lowest BCUT2D eigenvalue weighted by atomic mass is 10.1. The summed E-state index contributed by atoms with van der Waals surface area (Å²) >= 11 is 6.07. The number of rotatable bonds is 12. The van der Waals surface area contributed by atoms with Crippen LogP contribution in [-0.4, -0.2) is 43.8 Å². The molecule has 0 radical (unpaired) electrons. The minimum atomic E-state index is -4.10. The molecule has 9 heteroatoms. The highest BCUT2D eigenvalue weighted by Crippen LogP contribution is 2.26. The average Bonchev–Trinajstić information content (AvgIpc) is 2.93. The molecule has 7 nitrogen and oxygen atoms in total. The van der Waals surface area contributed by atoms with Crippen LogP contribution in [0, 0.1) is 13.8 Å². The lowest BCUT2D eigenvalue weighted by molar-refractivity contribution is -0.140. The normalized spacial score (nSPS) is 12.8. The topological polar surface area (TPSA) is 86.8 Å². The summed E-state index contributed by atoms with van der Waals surface area (Å²) in [7, 11) is -4.10. The predicted molar refractivity (Wildman–Crippen MR) is 161 cm³/mol. The van der Waals surface area contributed by atoms with E-state index in [4.69, 9.17) is 11.6 Å². The Morgan fingerprint density at radius 1 is 0.850 bits per heavy atom. The fourth-order valence-corrected chi connectivity index (χ4v) is 5.76. The highest BCUT2D eigenvalue weighted by atomic mass is 35.5. The number of hydrogen-bond acceptors (Lipinski definition) is 4. The molecular weight excluding hydrogens is 546 g/mol. The number of nitrogens with zero attached hydrogens (tertiary/aromatic N) is 2. The third kappa shape index (κ3) is 7.86. The van der Waals surface area contributed by atoms with E-state index in [1.807, 2.05) is 34.6 Å². The van der Waals surface area contributed by atoms with E-state index in [1.165, 1.54) is 17.0 Å². The first-order valence-corrected chi connectivity index (χ1v) is 15.3. The molecule has 3 aromatic rings. The van der Waals surface area contributed by atoms with Crippen molar-refractivity contribution in [1.82, 2.24) is 10.2 Å². The van der Waals surface area contributed by atoms with Crippen LogP contribution in [0.25, 0.3) is 0 Å². The Labute approximate surface area is 243 Å². The average molecular weight is 584 g/mol. The van der Waals surface area contributed by atoms with Crippen LogP contribution in [0.5, 0.6) is 0 Å². The second-order valence-corrected chi connectivity index (χ2v) is 12.3. The predicted octanol–water partition coefficient (Wildman–Crippen LogP) is 5.87. The van der Waals surface area contributed by atoms with Gasteiger partial charge >= 0.3 is 0 Å². The second kappa shape index (κ2) is 13.8. The van der Waals surface area contributed by atoms with Gasteiger partial charge in [-0.05, 0) is 75.6 Å². The largest absolute Gasteiger partial charge is 0.352 e. The molecule has 0 bridgehead atoms. The third-order valence-electron chi connectivity index (χ3n) is 6.86. The van der Waals surface area contributed by atoms with Crippen LogP contribution in [0.2, 0.25) is 5.02 Å². The zero-order valence-corrected chi connectivity index (χ0v) is 25.3. The van der Waals surface area contributed by atoms with Crippen LogP contribution in [0.1, 0.15) is 50.3 Å². The Bertz CT molecular complexity index is 1390. The number of amides is 2. The van der Waals surface area contributed by atoms with E-state index in [1.54, 1.807) is 60.7 Å². The quantitative estimate of drug-likeness (QED) is 0.289. The summed E-state index contributed by atoms with van der Waals surface area (Å²) < 4.78 is 28.9. The molecule has 0 saturated carbocycles. The third-order valence-corrected chi connectivity index (χ3v) is 8.90. The molecule has 0 spiro atoms. The molecule has 3 rings (SSSR count). The summed E-state index contributed by atoms with van der Waals surface area (Å²) in [5.41, 5.74) is 3.02. The number of nitrogens with one attached hydrogen (secondary N) is 1. The van der Waals surface area contributed by atoms with E-state index in [0.29, 0.717) is 17.1 Å². The zero-order chi connectivity index (χ0) is 29.4. The summed E-state index contributed by atoms with van der Waals surface area (Å²) in [6.07, 6.45) is 1.10. The Morgan fingerprint density at radius 2 is 1.40 bits per heavy atom. The Balaban J connectivity index is 2.04. The van der Waals surface area contributed by atoms with Gasteiger partial charge in [-0.1, -0.05) is 73.0 Å². The maximum Gasteiger partial charge on any atom is 0.264 e. The molecular formula is C31H38ClN3O4S. The highest BCUT2D eigenvalue weighted by Gasteiger charge is 2.34. The highest BCUT2D eigenvalue weighted by molar-refractivity contribution is 7.92. The van der Waals surface area contributed by atoms with Crippen molar-refractivity contribution in [2.45, 2.75) is 71.0 Å². The lowest BCUT2D eigenvalue weighted by Gasteiger charge is -2.33. The van der Waals surface area contributed by atoms with Crippen LogP contribution in [-0.2, 0) is 26.2 Å². The van der Waals surface area contributed by atoms with Crippen molar-refractivity contribution >= 4 is 39.1 Å². The molecule has 3 aromatic carbocycles. The first-order valence-electron chi connectivity index (χ1n) is 13.5. The van der Waals surface area contributed by atoms with Gasteiger partial charge in [0, 0.05) is 17.6 Å². The first-order chi connectivity index (χ1) is 19.0. The molecule has 2 amide bonds. The van der Waals surface area contributed by atoms with Gasteiger partial charge in [-0.3, -0.25) is 13.9 Å². The summed E-state index contributed by atoms with van der Waals surface area (Å²) in [6.45, 7) is 9.14. The van der Waals surface area contributed by atoms with Gasteiger partial charge in [0.05, 0.1) is 10.6 Å². The standard InChI is InChI=1S/C31H38ClN3O4S/c1-6-24(5)33-31(37)29(7-2)34(20-25-12-14-26(32)15-13-25)30(36)21-35(27-16-8-22(3)9-17-27)40(38,39)28-18-10-23(4)11-19-28/h8-19,24,29H,6-7,20-21H2,1-5H3,(H,33,37)/t24-,29+/m1/s1. The summed E-state index contributed by atoms with van der Waals surface area (Å²) in [5.74, 6) is -0.764. The molecule has 0 unspecified atom stereocenters. The van der Waals surface area contributed by atoms with Gasteiger partial charge in [0.1, 0.15) is 12.6 Å². The van der Waals surface area contributed by atoms with Gasteiger partial charge in [0.25, 0.3) is 10.0 Å². The Kier molecular flexibility index (Phi) is 10.8. The van der Waals surface area contributed by atoms with Crippen molar-refractivity contribution in [3.63, 3.8) is 0 Å². The summed E-state index contributed by atoms with van der Waals surface area (Å²) in [6, 6.07) is 19.7. The van der Waals surface area contributed by atoms with Crippen LogP contribution in [0.3, 0.4) is 0 Å². The number of halogens is 1. The molecule has 0 fully saturated rings. The molecule has 0 aromatic heterocycles. The van der Waals surface area contributed by atoms with Gasteiger partial charge in [-0.2, -0.15) is 0 Å². The monoisotopic (exact) mass is 583 g/mol. The number of anilines is 1. The van der Waals surface area contributed by atoms with Crippen molar-refractivity contribution in [2.24, 2.45) is 0 Å². The number of hydrogen-bond donors (Lipinski definition) is 1. The maximum absolute atomic E-state index is 14.1. The van der Waals surface area contributed by atoms with Crippen molar-refractivity contribution < 1.29 is 18.0 Å². The zero-order valence-electron chi connectivity index (χ0n) is 23.7. The van der Waals surface area contributed by atoms with Gasteiger partial charge in [-0.15, -0.1) is 0 Å².